The number of H-pyrrole nitrogens is 1. The van der Waals surface area contributed by atoms with Gasteiger partial charge in [0.25, 0.3) is 0 Å². The Morgan fingerprint density at radius 1 is 0.414 bits per heavy atom. The van der Waals surface area contributed by atoms with Crippen LogP contribution in [0.5, 0.6) is 0 Å². The fourth-order valence-corrected chi connectivity index (χ4v) is 3.70. The highest BCUT2D eigenvalue weighted by Gasteiger charge is 2.18. The molecule has 0 saturated carbocycles. The number of nitrogens with one attached hydrogen (secondary N) is 1. The highest BCUT2D eigenvalue weighted by molar-refractivity contribution is 5.91. The Balaban J connectivity index is 1.66. The van der Waals surface area contributed by atoms with Crippen LogP contribution in [0.1, 0.15) is 0 Å². The lowest BCUT2D eigenvalue weighted by Gasteiger charge is -2.09. The maximum atomic E-state index is 4.69. The topological polar surface area (TPSA) is 28.7 Å². The van der Waals surface area contributed by atoms with E-state index in [0.717, 1.165) is 33.6 Å². The number of hydrogen-bond acceptors (Lipinski definition) is 1. The average Bonchev–Trinajstić information content (AvgIpc) is 3.26. The molecule has 0 fully saturated rings. The molecule has 4 aromatic carbocycles. The second-order valence-corrected chi connectivity index (χ2v) is 7.00. The van der Waals surface area contributed by atoms with E-state index in [2.05, 4.69) is 102 Å². The summed E-state index contributed by atoms with van der Waals surface area (Å²) in [5.41, 5.74) is 8.95. The van der Waals surface area contributed by atoms with Gasteiger partial charge in [-0.25, -0.2) is 0 Å². The predicted molar refractivity (Wildman–Crippen MR) is 120 cm³/mol. The molecular weight excluding hydrogens is 352 g/mol. The normalized spacial score (nSPS) is 10.8. The van der Waals surface area contributed by atoms with Gasteiger partial charge in [-0.05, 0) is 16.7 Å². The summed E-state index contributed by atoms with van der Waals surface area (Å²) in [6.45, 7) is 0. The first kappa shape index (κ1) is 17.2. The van der Waals surface area contributed by atoms with Crippen LogP contribution in [-0.2, 0) is 0 Å². The summed E-state index contributed by atoms with van der Waals surface area (Å²) in [5.74, 6) is 0. The highest BCUT2D eigenvalue weighted by atomic mass is 15.1. The lowest BCUT2D eigenvalue weighted by Crippen LogP contribution is -1.86. The van der Waals surface area contributed by atoms with E-state index in [9.17, 15) is 0 Å². The van der Waals surface area contributed by atoms with Gasteiger partial charge in [-0.15, -0.1) is 0 Å². The van der Waals surface area contributed by atoms with Crippen molar-refractivity contribution in [3.05, 3.63) is 115 Å². The summed E-state index contributed by atoms with van der Waals surface area (Å²) in [6.07, 6.45) is 0. The molecule has 2 heteroatoms. The predicted octanol–water partition coefficient (Wildman–Crippen LogP) is 7.08. The smallest absolute Gasteiger partial charge is 0.101 e. The van der Waals surface area contributed by atoms with Crippen LogP contribution in [0.2, 0.25) is 0 Å². The lowest BCUT2D eigenvalue weighted by molar-refractivity contribution is 1.10. The zero-order valence-electron chi connectivity index (χ0n) is 15.9. The maximum absolute atomic E-state index is 4.69. The Morgan fingerprint density at radius 3 is 1.45 bits per heavy atom. The minimum atomic E-state index is 0.969. The standard InChI is InChI=1S/C27H20N2/c1-4-10-20(11-5-1)21-16-18-22(19-17-21)25-26(23-12-6-2-7-13-23)28-29-27(25)24-14-8-3-9-15-24/h1-19H,(H,28,29). The third kappa shape index (κ3) is 3.37. The molecule has 5 rings (SSSR count). The molecule has 0 amide bonds. The molecular formula is C27H20N2. The van der Waals surface area contributed by atoms with Crippen molar-refractivity contribution >= 4 is 0 Å². The van der Waals surface area contributed by atoms with Gasteiger partial charge in [0.05, 0.1) is 5.69 Å². The van der Waals surface area contributed by atoms with E-state index >= 15 is 0 Å². The Bertz CT molecular complexity index is 1150. The number of hydrogen-bond donors (Lipinski definition) is 1. The average molecular weight is 372 g/mol. The van der Waals surface area contributed by atoms with Crippen molar-refractivity contribution in [2.24, 2.45) is 0 Å². The molecule has 1 N–H and O–H groups in total. The lowest BCUT2D eigenvalue weighted by atomic mass is 9.94. The largest absolute Gasteiger partial charge is 0.277 e. The fraction of sp³-hybridized carbons (Fsp3) is 0. The van der Waals surface area contributed by atoms with Crippen LogP contribution in [0, 0.1) is 0 Å². The third-order valence-electron chi connectivity index (χ3n) is 5.16. The first-order valence-electron chi connectivity index (χ1n) is 9.75. The summed E-state index contributed by atoms with van der Waals surface area (Å²) in [6, 6.07) is 39.9. The fourth-order valence-electron chi connectivity index (χ4n) is 3.70. The van der Waals surface area contributed by atoms with Gasteiger partial charge >= 0.3 is 0 Å². The quantitative estimate of drug-likeness (QED) is 0.359. The zero-order chi connectivity index (χ0) is 19.5. The molecule has 0 aliphatic rings. The van der Waals surface area contributed by atoms with Crippen molar-refractivity contribution in [3.8, 4) is 44.8 Å². The van der Waals surface area contributed by atoms with Crippen LogP contribution in [0.4, 0.5) is 0 Å². The minimum absolute atomic E-state index is 0.969. The van der Waals surface area contributed by atoms with Crippen LogP contribution < -0.4 is 0 Å². The van der Waals surface area contributed by atoms with Crippen LogP contribution >= 0.6 is 0 Å². The molecule has 0 bridgehead atoms. The molecule has 0 atom stereocenters. The third-order valence-corrected chi connectivity index (χ3v) is 5.16. The van der Waals surface area contributed by atoms with Crippen molar-refractivity contribution in [2.45, 2.75) is 0 Å². The molecule has 0 unspecified atom stereocenters. The summed E-state index contributed by atoms with van der Waals surface area (Å²) in [7, 11) is 0. The summed E-state index contributed by atoms with van der Waals surface area (Å²) >= 11 is 0. The zero-order valence-corrected chi connectivity index (χ0v) is 15.9. The van der Waals surface area contributed by atoms with E-state index in [-0.39, 0.29) is 0 Å². The molecule has 5 aromatic rings. The molecule has 0 aliphatic heterocycles. The monoisotopic (exact) mass is 372 g/mol. The van der Waals surface area contributed by atoms with Crippen molar-refractivity contribution in [1.29, 1.82) is 0 Å². The molecule has 0 spiro atoms. The molecule has 1 aromatic heterocycles. The molecule has 138 valence electrons. The van der Waals surface area contributed by atoms with Gasteiger partial charge in [-0.2, -0.15) is 5.10 Å². The van der Waals surface area contributed by atoms with Crippen molar-refractivity contribution < 1.29 is 0 Å². The van der Waals surface area contributed by atoms with Crippen molar-refractivity contribution in [2.75, 3.05) is 0 Å². The summed E-state index contributed by atoms with van der Waals surface area (Å²) < 4.78 is 0. The second-order valence-electron chi connectivity index (χ2n) is 7.00. The van der Waals surface area contributed by atoms with Gasteiger partial charge < -0.3 is 0 Å². The number of rotatable bonds is 4. The molecule has 0 aliphatic carbocycles. The first-order valence-corrected chi connectivity index (χ1v) is 9.75. The summed E-state index contributed by atoms with van der Waals surface area (Å²) in [4.78, 5) is 0. The maximum Gasteiger partial charge on any atom is 0.101 e. The highest BCUT2D eigenvalue weighted by Crippen LogP contribution is 2.38. The van der Waals surface area contributed by atoms with Gasteiger partial charge in [0.15, 0.2) is 0 Å². The molecule has 2 nitrogen and oxygen atoms in total. The van der Waals surface area contributed by atoms with Crippen molar-refractivity contribution in [3.63, 3.8) is 0 Å². The number of aromatic amines is 1. The van der Waals surface area contributed by atoms with Crippen LogP contribution in [0.15, 0.2) is 115 Å². The van der Waals surface area contributed by atoms with E-state index in [0.29, 0.717) is 0 Å². The molecule has 0 saturated heterocycles. The number of nitrogens with zero attached hydrogens (tertiary/aromatic N) is 1. The van der Waals surface area contributed by atoms with E-state index in [4.69, 9.17) is 5.10 Å². The van der Waals surface area contributed by atoms with Gasteiger partial charge in [0, 0.05) is 16.7 Å². The van der Waals surface area contributed by atoms with Crippen molar-refractivity contribution in [1.82, 2.24) is 10.2 Å². The van der Waals surface area contributed by atoms with Crippen LogP contribution in [0.25, 0.3) is 44.8 Å². The first-order chi connectivity index (χ1) is 14.4. The Labute approximate surface area is 170 Å². The second kappa shape index (κ2) is 7.61. The SMILES string of the molecule is c1ccc(-c2ccc(-c3c(-c4ccccc4)n[nH]c3-c3ccccc3)cc2)cc1. The van der Waals surface area contributed by atoms with Gasteiger partial charge in [-0.3, -0.25) is 5.10 Å². The van der Waals surface area contributed by atoms with Gasteiger partial charge in [-0.1, -0.05) is 115 Å². The molecule has 0 radical (unpaired) electrons. The molecule has 1 heterocycles. The van der Waals surface area contributed by atoms with E-state index in [1.54, 1.807) is 0 Å². The summed E-state index contributed by atoms with van der Waals surface area (Å²) in [5, 5.41) is 7.98. The minimum Gasteiger partial charge on any atom is -0.277 e. The van der Waals surface area contributed by atoms with E-state index < -0.39 is 0 Å². The van der Waals surface area contributed by atoms with Crippen LogP contribution in [0.3, 0.4) is 0 Å². The Hall–Kier alpha value is -3.91. The van der Waals surface area contributed by atoms with E-state index in [1.807, 2.05) is 18.2 Å². The van der Waals surface area contributed by atoms with E-state index in [1.165, 1.54) is 11.1 Å². The Kier molecular flexibility index (Phi) is 4.51. The van der Waals surface area contributed by atoms with Gasteiger partial charge in [0.2, 0.25) is 0 Å². The molecule has 29 heavy (non-hydrogen) atoms. The number of aromatic nitrogens is 2. The Morgan fingerprint density at radius 2 is 0.862 bits per heavy atom. The van der Waals surface area contributed by atoms with Gasteiger partial charge in [0.1, 0.15) is 5.69 Å². The number of benzene rings is 4. The van der Waals surface area contributed by atoms with Crippen LogP contribution in [-0.4, -0.2) is 10.2 Å².